The number of hydrogen-bond acceptors (Lipinski definition) is 3. The summed E-state index contributed by atoms with van der Waals surface area (Å²) >= 11 is 0. The van der Waals surface area contributed by atoms with Crippen molar-refractivity contribution < 1.29 is 19.4 Å². The Bertz CT molecular complexity index is 884. The van der Waals surface area contributed by atoms with Crippen molar-refractivity contribution in [1.82, 2.24) is 5.32 Å². The molecule has 1 amide bonds. The van der Waals surface area contributed by atoms with Gasteiger partial charge in [0.2, 0.25) is 0 Å². The third-order valence-corrected chi connectivity index (χ3v) is 6.62. The van der Waals surface area contributed by atoms with Crippen molar-refractivity contribution in [2.24, 2.45) is 17.3 Å². The van der Waals surface area contributed by atoms with Crippen LogP contribution in [0.15, 0.2) is 48.5 Å². The minimum atomic E-state index is -0.861. The molecule has 2 aliphatic carbocycles. The molecule has 5 nitrogen and oxygen atoms in total. The predicted octanol–water partition coefficient (Wildman–Crippen LogP) is 4.66. The summed E-state index contributed by atoms with van der Waals surface area (Å²) < 4.78 is 5.51. The van der Waals surface area contributed by atoms with Crippen LogP contribution < -0.4 is 5.32 Å². The molecule has 2 aromatic rings. The number of carboxylic acid groups (broad SMARTS) is 1. The van der Waals surface area contributed by atoms with Crippen LogP contribution in [0.1, 0.15) is 43.7 Å². The van der Waals surface area contributed by atoms with E-state index in [1.807, 2.05) is 24.3 Å². The summed E-state index contributed by atoms with van der Waals surface area (Å²) in [6.45, 7) is 4.56. The zero-order valence-electron chi connectivity index (χ0n) is 16.9. The van der Waals surface area contributed by atoms with Gasteiger partial charge in [0.05, 0.1) is 5.41 Å². The van der Waals surface area contributed by atoms with E-state index >= 15 is 0 Å². The largest absolute Gasteiger partial charge is 0.481 e. The lowest BCUT2D eigenvalue weighted by molar-refractivity contribution is -0.159. The number of rotatable bonds is 6. The molecule has 0 aliphatic heterocycles. The first kappa shape index (κ1) is 19.5. The van der Waals surface area contributed by atoms with E-state index in [0.29, 0.717) is 24.7 Å². The van der Waals surface area contributed by atoms with Crippen LogP contribution >= 0.6 is 0 Å². The van der Waals surface area contributed by atoms with E-state index in [4.69, 9.17) is 4.74 Å². The fourth-order valence-corrected chi connectivity index (χ4v) is 4.70. The third-order valence-electron chi connectivity index (χ3n) is 6.62. The normalized spacial score (nSPS) is 22.5. The number of nitrogens with one attached hydrogen (secondary N) is 1. The van der Waals surface area contributed by atoms with Crippen molar-refractivity contribution in [1.29, 1.82) is 0 Å². The Balaban J connectivity index is 1.37. The van der Waals surface area contributed by atoms with Gasteiger partial charge in [0, 0.05) is 12.5 Å². The molecule has 5 heteroatoms. The number of benzene rings is 2. The molecule has 0 atom stereocenters. The van der Waals surface area contributed by atoms with Crippen molar-refractivity contribution in [3.8, 4) is 11.1 Å². The van der Waals surface area contributed by atoms with Crippen LogP contribution in [-0.2, 0) is 9.53 Å². The summed E-state index contributed by atoms with van der Waals surface area (Å²) in [5.74, 6) is 0.0105. The van der Waals surface area contributed by atoms with E-state index in [9.17, 15) is 14.7 Å². The van der Waals surface area contributed by atoms with Crippen LogP contribution in [0.2, 0.25) is 0 Å². The monoisotopic (exact) mass is 393 g/mol. The molecule has 0 heterocycles. The van der Waals surface area contributed by atoms with Gasteiger partial charge in [-0.3, -0.25) is 4.79 Å². The van der Waals surface area contributed by atoms with E-state index in [-0.39, 0.29) is 19.1 Å². The van der Waals surface area contributed by atoms with Gasteiger partial charge in [0.1, 0.15) is 6.61 Å². The molecular formula is C24H27NO4. The second-order valence-electron chi connectivity index (χ2n) is 8.68. The second-order valence-corrected chi connectivity index (χ2v) is 8.68. The van der Waals surface area contributed by atoms with Crippen molar-refractivity contribution in [2.45, 2.75) is 32.6 Å². The molecule has 0 spiro atoms. The number of fused-ring (bicyclic) bond motifs is 3. The number of hydrogen-bond donors (Lipinski definition) is 2. The first-order valence-electron chi connectivity index (χ1n) is 10.2. The zero-order valence-corrected chi connectivity index (χ0v) is 16.9. The number of carbonyl (C=O) groups is 2. The maximum Gasteiger partial charge on any atom is 0.407 e. The lowest BCUT2D eigenvalue weighted by Crippen LogP contribution is -2.52. The molecule has 29 heavy (non-hydrogen) atoms. The molecule has 0 unspecified atom stereocenters. The van der Waals surface area contributed by atoms with Gasteiger partial charge in [-0.1, -0.05) is 62.4 Å². The molecular weight excluding hydrogens is 366 g/mol. The van der Waals surface area contributed by atoms with Gasteiger partial charge >= 0.3 is 12.1 Å². The summed E-state index contributed by atoms with van der Waals surface area (Å²) in [5.41, 5.74) is 3.80. The van der Waals surface area contributed by atoms with E-state index < -0.39 is 17.5 Å². The Kier molecular flexibility index (Phi) is 5.07. The van der Waals surface area contributed by atoms with Gasteiger partial charge in [-0.05, 0) is 46.9 Å². The Labute approximate surface area is 171 Å². The van der Waals surface area contributed by atoms with Crippen LogP contribution in [0.4, 0.5) is 4.79 Å². The molecule has 1 saturated carbocycles. The minimum Gasteiger partial charge on any atom is -0.481 e. The molecule has 2 aliphatic rings. The zero-order chi connectivity index (χ0) is 20.6. The smallest absolute Gasteiger partial charge is 0.407 e. The second kappa shape index (κ2) is 7.54. The Morgan fingerprint density at radius 1 is 1.07 bits per heavy atom. The molecule has 0 saturated heterocycles. The van der Waals surface area contributed by atoms with Crippen LogP contribution in [0.5, 0.6) is 0 Å². The van der Waals surface area contributed by atoms with Crippen LogP contribution in [0, 0.1) is 17.3 Å². The number of carboxylic acids is 1. The molecule has 2 N–H and O–H groups in total. The standard InChI is InChI=1S/C24H27NO4/c1-15(2)16-11-24(12-16,22(26)27)14-25-23(28)29-13-21-19-9-5-3-7-17(19)18-8-4-6-10-20(18)21/h3-10,15-16,21H,11-14H2,1-2H3,(H,25,28)(H,26,27). The molecule has 0 bridgehead atoms. The van der Waals surface area contributed by atoms with Gasteiger partial charge < -0.3 is 15.2 Å². The quantitative estimate of drug-likeness (QED) is 0.748. The van der Waals surface area contributed by atoms with Crippen molar-refractivity contribution >= 4 is 12.1 Å². The van der Waals surface area contributed by atoms with Crippen molar-refractivity contribution in [3.63, 3.8) is 0 Å². The Morgan fingerprint density at radius 2 is 1.62 bits per heavy atom. The first-order chi connectivity index (χ1) is 13.9. The number of amides is 1. The van der Waals surface area contributed by atoms with Gasteiger partial charge in [-0.2, -0.15) is 0 Å². The fourth-order valence-electron chi connectivity index (χ4n) is 4.70. The molecule has 2 aromatic carbocycles. The van der Waals surface area contributed by atoms with Crippen molar-refractivity contribution in [3.05, 3.63) is 59.7 Å². The summed E-state index contributed by atoms with van der Waals surface area (Å²) in [6, 6.07) is 16.3. The van der Waals surface area contributed by atoms with Crippen LogP contribution in [0.25, 0.3) is 11.1 Å². The number of alkyl carbamates (subject to hydrolysis) is 1. The molecule has 0 aromatic heterocycles. The highest BCUT2D eigenvalue weighted by Gasteiger charge is 2.51. The lowest BCUT2D eigenvalue weighted by Gasteiger charge is -2.46. The minimum absolute atomic E-state index is 0.00407. The molecule has 4 rings (SSSR count). The number of aliphatic carboxylic acids is 1. The van der Waals surface area contributed by atoms with E-state index in [0.717, 1.165) is 11.1 Å². The van der Waals surface area contributed by atoms with E-state index in [1.165, 1.54) is 11.1 Å². The molecule has 0 radical (unpaired) electrons. The SMILES string of the molecule is CC(C)C1CC(CNC(=O)OCC2c3ccccc3-c3ccccc32)(C(=O)O)C1. The van der Waals surface area contributed by atoms with Crippen molar-refractivity contribution in [2.75, 3.05) is 13.2 Å². The van der Waals surface area contributed by atoms with Gasteiger partial charge in [-0.15, -0.1) is 0 Å². The van der Waals surface area contributed by atoms with E-state index in [2.05, 4.69) is 43.4 Å². The maximum absolute atomic E-state index is 12.3. The highest BCUT2D eigenvalue weighted by Crippen LogP contribution is 2.49. The Morgan fingerprint density at radius 3 is 2.14 bits per heavy atom. The lowest BCUT2D eigenvalue weighted by atomic mass is 9.58. The van der Waals surface area contributed by atoms with Crippen LogP contribution in [-0.4, -0.2) is 30.3 Å². The molecule has 152 valence electrons. The summed E-state index contributed by atoms with van der Waals surface area (Å²) in [7, 11) is 0. The topological polar surface area (TPSA) is 75.6 Å². The highest BCUT2D eigenvalue weighted by atomic mass is 16.5. The number of ether oxygens (including phenoxy) is 1. The fraction of sp³-hybridized carbons (Fsp3) is 0.417. The average molecular weight is 393 g/mol. The van der Waals surface area contributed by atoms with Gasteiger partial charge in [0.15, 0.2) is 0 Å². The highest BCUT2D eigenvalue weighted by molar-refractivity contribution is 5.79. The maximum atomic E-state index is 12.3. The Hall–Kier alpha value is -2.82. The predicted molar refractivity (Wildman–Crippen MR) is 111 cm³/mol. The van der Waals surface area contributed by atoms with E-state index in [1.54, 1.807) is 0 Å². The summed E-state index contributed by atoms with van der Waals surface area (Å²) in [4.78, 5) is 24.1. The molecule has 1 fully saturated rings. The first-order valence-corrected chi connectivity index (χ1v) is 10.2. The summed E-state index contributed by atoms with van der Waals surface area (Å²) in [6.07, 6.45) is 0.647. The van der Waals surface area contributed by atoms with Gasteiger partial charge in [-0.25, -0.2) is 4.79 Å². The van der Waals surface area contributed by atoms with Gasteiger partial charge in [0.25, 0.3) is 0 Å². The number of carbonyl (C=O) groups excluding carboxylic acids is 1. The van der Waals surface area contributed by atoms with Crippen LogP contribution in [0.3, 0.4) is 0 Å². The average Bonchev–Trinajstić information content (AvgIpc) is 2.99. The summed E-state index contributed by atoms with van der Waals surface area (Å²) in [5, 5.41) is 12.3. The third kappa shape index (κ3) is 3.50.